The van der Waals surface area contributed by atoms with Crippen LogP contribution in [0.2, 0.25) is 0 Å². The quantitative estimate of drug-likeness (QED) is 0.502. The first-order valence-electron chi connectivity index (χ1n) is 4.04. The Balaban J connectivity index is -0.000000118. The maximum absolute atomic E-state index is 7.62. The first kappa shape index (κ1) is 17.6. The fourth-order valence-corrected chi connectivity index (χ4v) is 0.289. The van der Waals surface area contributed by atoms with Gasteiger partial charge >= 0.3 is 0 Å². The highest BCUT2D eigenvalue weighted by Crippen LogP contribution is 1.83. The third-order valence-electron chi connectivity index (χ3n) is 0.802. The van der Waals surface area contributed by atoms with Gasteiger partial charge in [-0.3, -0.25) is 0 Å². The number of aliphatic hydroxyl groups excluding tert-OH is 2. The van der Waals surface area contributed by atoms with Gasteiger partial charge in [0.05, 0.1) is 13.2 Å². The zero-order chi connectivity index (χ0) is 10.2. The average Bonchev–Trinajstić information content (AvgIpc) is 2.18. The summed E-state index contributed by atoms with van der Waals surface area (Å²) >= 11 is 0. The highest BCUT2D eigenvalue weighted by atomic mass is 16.5. The lowest BCUT2D eigenvalue weighted by molar-refractivity contribution is 0.186. The molecule has 76 valence electrons. The molecule has 0 spiro atoms. The summed E-state index contributed by atoms with van der Waals surface area (Å²) in [5, 5.41) is 15.2. The van der Waals surface area contributed by atoms with Crippen LogP contribution in [0.5, 0.6) is 0 Å². The SMILES string of the molecule is C=C.CCCCOC.OCCO. The molecule has 0 saturated carbocycles. The summed E-state index contributed by atoms with van der Waals surface area (Å²) in [4.78, 5) is 0. The van der Waals surface area contributed by atoms with Crippen LogP contribution in [0.3, 0.4) is 0 Å². The van der Waals surface area contributed by atoms with E-state index in [1.807, 2.05) is 0 Å². The van der Waals surface area contributed by atoms with Gasteiger partial charge in [0.15, 0.2) is 0 Å². The van der Waals surface area contributed by atoms with Gasteiger partial charge in [0.25, 0.3) is 0 Å². The molecule has 0 fully saturated rings. The molecule has 3 heteroatoms. The maximum Gasteiger partial charge on any atom is 0.0662 e. The van der Waals surface area contributed by atoms with Gasteiger partial charge in [-0.2, -0.15) is 0 Å². The molecule has 12 heavy (non-hydrogen) atoms. The molecule has 0 aromatic carbocycles. The molecule has 0 atom stereocenters. The summed E-state index contributed by atoms with van der Waals surface area (Å²) in [7, 11) is 1.73. The van der Waals surface area contributed by atoms with Crippen LogP contribution in [0.25, 0.3) is 0 Å². The number of hydrogen-bond donors (Lipinski definition) is 2. The van der Waals surface area contributed by atoms with Crippen LogP contribution in [0.4, 0.5) is 0 Å². The van der Waals surface area contributed by atoms with Crippen LogP contribution in [-0.4, -0.2) is 37.1 Å². The van der Waals surface area contributed by atoms with Crippen LogP contribution in [-0.2, 0) is 4.74 Å². The summed E-state index contributed by atoms with van der Waals surface area (Å²) in [5.74, 6) is 0. The van der Waals surface area contributed by atoms with Crippen molar-refractivity contribution in [3.05, 3.63) is 13.2 Å². The average molecular weight is 178 g/mol. The zero-order valence-electron chi connectivity index (χ0n) is 8.25. The Labute approximate surface area is 75.7 Å². The molecule has 0 aromatic rings. The number of rotatable bonds is 4. The molecule has 0 aliphatic rings. The molecule has 0 heterocycles. The van der Waals surface area contributed by atoms with Crippen molar-refractivity contribution in [2.45, 2.75) is 19.8 Å². The Kier molecular flexibility index (Phi) is 45.7. The minimum atomic E-state index is -0.125. The Morgan fingerprint density at radius 2 is 1.58 bits per heavy atom. The molecule has 0 aliphatic heterocycles. The molecule has 0 unspecified atom stereocenters. The largest absolute Gasteiger partial charge is 0.394 e. The van der Waals surface area contributed by atoms with Gasteiger partial charge in [-0.15, -0.1) is 13.2 Å². The minimum absolute atomic E-state index is 0.125. The lowest BCUT2D eigenvalue weighted by atomic mass is 10.4. The van der Waals surface area contributed by atoms with Crippen molar-refractivity contribution >= 4 is 0 Å². The molecule has 0 radical (unpaired) electrons. The van der Waals surface area contributed by atoms with Crippen molar-refractivity contribution in [2.24, 2.45) is 0 Å². The molecule has 0 saturated heterocycles. The van der Waals surface area contributed by atoms with Crippen LogP contribution in [0.15, 0.2) is 13.2 Å². The van der Waals surface area contributed by atoms with Gasteiger partial charge in [0, 0.05) is 13.7 Å². The van der Waals surface area contributed by atoms with E-state index < -0.39 is 0 Å². The summed E-state index contributed by atoms with van der Waals surface area (Å²) in [5.41, 5.74) is 0. The van der Waals surface area contributed by atoms with Gasteiger partial charge in [-0.1, -0.05) is 13.3 Å². The van der Waals surface area contributed by atoms with E-state index in [4.69, 9.17) is 14.9 Å². The molecule has 2 N–H and O–H groups in total. The molecular formula is C9H22O3. The van der Waals surface area contributed by atoms with Crippen LogP contribution < -0.4 is 0 Å². The number of aliphatic hydroxyl groups is 2. The van der Waals surface area contributed by atoms with Crippen molar-refractivity contribution in [3.8, 4) is 0 Å². The zero-order valence-corrected chi connectivity index (χ0v) is 8.25. The van der Waals surface area contributed by atoms with Gasteiger partial charge in [-0.05, 0) is 6.42 Å². The van der Waals surface area contributed by atoms with Gasteiger partial charge in [-0.25, -0.2) is 0 Å². The summed E-state index contributed by atoms with van der Waals surface area (Å²) < 4.78 is 4.78. The Morgan fingerprint density at radius 1 is 1.17 bits per heavy atom. The Morgan fingerprint density at radius 3 is 1.67 bits per heavy atom. The monoisotopic (exact) mass is 178 g/mol. The standard InChI is InChI=1S/C5H12O.C2H6O2.C2H4/c1-3-4-5-6-2;3-1-2-4;1-2/h3-5H2,1-2H3;3-4H,1-2H2;1-2H2. The topological polar surface area (TPSA) is 49.7 Å². The van der Waals surface area contributed by atoms with Gasteiger partial charge in [0.2, 0.25) is 0 Å². The number of unbranched alkanes of at least 4 members (excludes halogenated alkanes) is 1. The summed E-state index contributed by atoms with van der Waals surface area (Å²) in [6, 6.07) is 0. The van der Waals surface area contributed by atoms with E-state index in [0.717, 1.165) is 6.61 Å². The minimum Gasteiger partial charge on any atom is -0.394 e. The first-order chi connectivity index (χ1) is 5.83. The molecule has 0 bridgehead atoms. The van der Waals surface area contributed by atoms with Crippen molar-refractivity contribution in [1.82, 2.24) is 0 Å². The van der Waals surface area contributed by atoms with Gasteiger partial charge in [0.1, 0.15) is 0 Å². The highest BCUT2D eigenvalue weighted by molar-refractivity contribution is 4.26. The van der Waals surface area contributed by atoms with Crippen LogP contribution in [0, 0.1) is 0 Å². The second-order valence-electron chi connectivity index (χ2n) is 1.79. The van der Waals surface area contributed by atoms with E-state index in [0.29, 0.717) is 0 Å². The molecule has 0 aromatic heterocycles. The van der Waals surface area contributed by atoms with Crippen LogP contribution >= 0.6 is 0 Å². The van der Waals surface area contributed by atoms with Crippen molar-refractivity contribution in [3.63, 3.8) is 0 Å². The van der Waals surface area contributed by atoms with E-state index in [9.17, 15) is 0 Å². The van der Waals surface area contributed by atoms with E-state index >= 15 is 0 Å². The Bertz CT molecular complexity index is 43.0. The maximum atomic E-state index is 7.62. The van der Waals surface area contributed by atoms with Gasteiger partial charge < -0.3 is 14.9 Å². The van der Waals surface area contributed by atoms with Crippen molar-refractivity contribution in [2.75, 3.05) is 26.9 Å². The Hall–Kier alpha value is -0.380. The first-order valence-corrected chi connectivity index (χ1v) is 4.04. The lowest BCUT2D eigenvalue weighted by Crippen LogP contribution is -1.85. The normalized spacial score (nSPS) is 7.33. The number of hydrogen-bond acceptors (Lipinski definition) is 3. The lowest BCUT2D eigenvalue weighted by Gasteiger charge is -1.89. The van der Waals surface area contributed by atoms with E-state index in [-0.39, 0.29) is 13.2 Å². The van der Waals surface area contributed by atoms with E-state index in [1.165, 1.54) is 12.8 Å². The smallest absolute Gasteiger partial charge is 0.0662 e. The second-order valence-corrected chi connectivity index (χ2v) is 1.79. The number of ether oxygens (including phenoxy) is 1. The molecule has 0 rings (SSSR count). The molecular weight excluding hydrogens is 156 g/mol. The fourth-order valence-electron chi connectivity index (χ4n) is 0.289. The van der Waals surface area contributed by atoms with Crippen molar-refractivity contribution in [1.29, 1.82) is 0 Å². The number of methoxy groups -OCH3 is 1. The third kappa shape index (κ3) is 54.5. The predicted octanol–water partition coefficient (Wildman–Crippen LogP) is 1.21. The molecule has 0 amide bonds. The summed E-state index contributed by atoms with van der Waals surface area (Å²) in [6.45, 7) is 8.82. The molecule has 3 nitrogen and oxygen atoms in total. The second kappa shape index (κ2) is 31.1. The highest BCUT2D eigenvalue weighted by Gasteiger charge is 1.74. The predicted molar refractivity (Wildman–Crippen MR) is 52.2 cm³/mol. The van der Waals surface area contributed by atoms with Crippen LogP contribution in [0.1, 0.15) is 19.8 Å². The van der Waals surface area contributed by atoms with E-state index in [2.05, 4.69) is 20.1 Å². The summed E-state index contributed by atoms with van der Waals surface area (Å²) in [6.07, 6.45) is 2.42. The van der Waals surface area contributed by atoms with Crippen molar-refractivity contribution < 1.29 is 14.9 Å². The molecule has 0 aliphatic carbocycles. The van der Waals surface area contributed by atoms with E-state index in [1.54, 1.807) is 7.11 Å². The third-order valence-corrected chi connectivity index (χ3v) is 0.802. The fraction of sp³-hybridized carbons (Fsp3) is 0.778.